The number of hydrogen-bond acceptors (Lipinski definition) is 2. The second-order valence-corrected chi connectivity index (χ2v) is 8.82. The number of nitrogens with two attached hydrogens (primary N) is 1. The van der Waals surface area contributed by atoms with E-state index in [9.17, 15) is 4.79 Å². The maximum atomic E-state index is 12.3. The largest absolute Gasteiger partial charge is 0.370 e. The summed E-state index contributed by atoms with van der Waals surface area (Å²) in [6, 6.07) is 8.16. The number of alkyl halides is 1. The summed E-state index contributed by atoms with van der Waals surface area (Å²) < 4.78 is 0. The average Bonchev–Trinajstić information content (AvgIpc) is 2.68. The molecular weight excluding hydrogens is 360 g/mol. The van der Waals surface area contributed by atoms with Crippen LogP contribution in [0.4, 0.5) is 0 Å². The first-order valence-electron chi connectivity index (χ1n) is 9.92. The van der Waals surface area contributed by atoms with E-state index in [1.165, 1.54) is 5.56 Å². The third-order valence-electron chi connectivity index (χ3n) is 6.24. The number of carbonyl (C=O) groups is 1. The molecule has 0 atom stereocenters. The maximum absolute atomic E-state index is 12.3. The van der Waals surface area contributed by atoms with Gasteiger partial charge in [0.25, 0.3) is 5.91 Å². The Hall–Kier alpha value is -1.75. The molecule has 0 aromatic heterocycles. The van der Waals surface area contributed by atoms with Gasteiger partial charge in [0.1, 0.15) is 0 Å². The third kappa shape index (κ3) is 4.95. The van der Waals surface area contributed by atoms with E-state index >= 15 is 0 Å². The molecule has 0 saturated heterocycles. The van der Waals surface area contributed by atoms with Gasteiger partial charge in [0.15, 0.2) is 5.96 Å². The topological polar surface area (TPSA) is 91.0 Å². The SMILES string of the molecule is N=C(N)NCCCC[CH]NC(=O)c1ccc(C23CCC(Cl)(CC2)CC3)cc1. The number of fused-ring (bicyclic) bond motifs is 3. The van der Waals surface area contributed by atoms with E-state index in [2.05, 4.69) is 22.8 Å². The summed E-state index contributed by atoms with van der Waals surface area (Å²) in [6.45, 7) is 2.50. The first kappa shape index (κ1) is 20.0. The molecule has 1 radical (unpaired) electrons. The van der Waals surface area contributed by atoms with Crippen LogP contribution in [0.2, 0.25) is 0 Å². The van der Waals surface area contributed by atoms with Gasteiger partial charge >= 0.3 is 0 Å². The second kappa shape index (κ2) is 8.51. The fourth-order valence-electron chi connectivity index (χ4n) is 4.39. The molecule has 0 spiro atoms. The van der Waals surface area contributed by atoms with Crippen molar-refractivity contribution in [1.29, 1.82) is 5.41 Å². The van der Waals surface area contributed by atoms with Gasteiger partial charge in [-0.2, -0.15) is 0 Å². The molecule has 1 aromatic rings. The van der Waals surface area contributed by atoms with Crippen molar-refractivity contribution in [3.05, 3.63) is 41.9 Å². The zero-order chi connectivity index (χ0) is 19.3. The summed E-state index contributed by atoms with van der Waals surface area (Å²) in [6.07, 6.45) is 9.44. The van der Waals surface area contributed by atoms with Crippen LogP contribution in [0, 0.1) is 12.0 Å². The molecule has 0 heterocycles. The fourth-order valence-corrected chi connectivity index (χ4v) is 4.67. The molecule has 3 aliphatic carbocycles. The van der Waals surface area contributed by atoms with Crippen molar-refractivity contribution in [1.82, 2.24) is 10.6 Å². The normalized spacial score (nSPS) is 26.6. The number of hydrogen-bond donors (Lipinski definition) is 4. The van der Waals surface area contributed by atoms with E-state index in [1.807, 2.05) is 18.7 Å². The fraction of sp³-hybridized carbons (Fsp3) is 0.571. The van der Waals surface area contributed by atoms with Crippen LogP contribution in [0.3, 0.4) is 0 Å². The van der Waals surface area contributed by atoms with Gasteiger partial charge in [0.05, 0.1) is 0 Å². The zero-order valence-electron chi connectivity index (χ0n) is 15.8. The van der Waals surface area contributed by atoms with Crippen LogP contribution in [0.15, 0.2) is 24.3 Å². The van der Waals surface area contributed by atoms with Gasteiger partial charge in [-0.05, 0) is 80.9 Å². The van der Waals surface area contributed by atoms with E-state index in [0.29, 0.717) is 12.1 Å². The highest BCUT2D eigenvalue weighted by Crippen LogP contribution is 2.56. The molecule has 1 amide bonds. The predicted octanol–water partition coefficient (Wildman–Crippen LogP) is 3.81. The van der Waals surface area contributed by atoms with Crippen LogP contribution in [0.5, 0.6) is 0 Å². The van der Waals surface area contributed by atoms with Gasteiger partial charge in [-0.3, -0.25) is 10.2 Å². The molecule has 5 N–H and O–H groups in total. The summed E-state index contributed by atoms with van der Waals surface area (Å²) in [7, 11) is 0. The molecule has 5 nitrogen and oxygen atoms in total. The number of guanidine groups is 1. The first-order valence-corrected chi connectivity index (χ1v) is 10.3. The Kier molecular flexibility index (Phi) is 6.30. The van der Waals surface area contributed by atoms with Gasteiger partial charge in [-0.1, -0.05) is 12.1 Å². The number of nitrogens with one attached hydrogen (secondary N) is 3. The van der Waals surface area contributed by atoms with E-state index in [-0.39, 0.29) is 22.2 Å². The molecule has 27 heavy (non-hydrogen) atoms. The summed E-state index contributed by atoms with van der Waals surface area (Å²) in [5.74, 6) is -0.0633. The molecule has 3 fully saturated rings. The molecule has 3 aliphatic rings. The van der Waals surface area contributed by atoms with Crippen molar-refractivity contribution < 1.29 is 4.79 Å². The van der Waals surface area contributed by atoms with Crippen molar-refractivity contribution >= 4 is 23.5 Å². The van der Waals surface area contributed by atoms with Crippen LogP contribution >= 0.6 is 11.6 Å². The summed E-state index contributed by atoms with van der Waals surface area (Å²) in [5, 5.41) is 12.7. The zero-order valence-corrected chi connectivity index (χ0v) is 16.6. The van der Waals surface area contributed by atoms with Gasteiger partial charge in [-0.25, -0.2) is 0 Å². The number of amides is 1. The van der Waals surface area contributed by atoms with Crippen LogP contribution < -0.4 is 16.4 Å². The van der Waals surface area contributed by atoms with Gasteiger partial charge in [0, 0.05) is 23.5 Å². The third-order valence-corrected chi connectivity index (χ3v) is 6.81. The Morgan fingerprint density at radius 3 is 2.33 bits per heavy atom. The van der Waals surface area contributed by atoms with Gasteiger partial charge in [0.2, 0.25) is 0 Å². The molecule has 1 aromatic carbocycles. The van der Waals surface area contributed by atoms with Crippen molar-refractivity contribution in [3.63, 3.8) is 0 Å². The minimum absolute atomic E-state index is 0.00120. The minimum atomic E-state index is -0.0621. The predicted molar refractivity (Wildman–Crippen MR) is 110 cm³/mol. The number of benzene rings is 1. The van der Waals surface area contributed by atoms with Crippen molar-refractivity contribution in [2.75, 3.05) is 6.54 Å². The van der Waals surface area contributed by atoms with E-state index in [0.717, 1.165) is 57.8 Å². The number of carbonyl (C=O) groups excluding carboxylic acids is 1. The molecule has 0 unspecified atom stereocenters. The smallest absolute Gasteiger partial charge is 0.251 e. The lowest BCUT2D eigenvalue weighted by Gasteiger charge is -2.51. The van der Waals surface area contributed by atoms with Gasteiger partial charge < -0.3 is 16.4 Å². The van der Waals surface area contributed by atoms with Crippen LogP contribution in [0.1, 0.15) is 73.7 Å². The minimum Gasteiger partial charge on any atom is -0.370 e. The lowest BCUT2D eigenvalue weighted by atomic mass is 9.57. The quantitative estimate of drug-likeness (QED) is 0.236. The number of halogens is 1. The Labute approximate surface area is 166 Å². The highest BCUT2D eigenvalue weighted by Gasteiger charge is 2.48. The standard InChI is InChI=1S/C21H30ClN4O/c22-21-11-8-20(9-12-21,10-13-21)17-6-4-16(5-7-17)18(27)25-14-2-1-3-15-26-19(23)24/h4-7,14H,1-3,8-13,15H2,(H,25,27)(H4,23,24,26). The average molecular weight is 390 g/mol. The lowest BCUT2D eigenvalue weighted by molar-refractivity contribution is 0.0962. The Morgan fingerprint density at radius 2 is 1.74 bits per heavy atom. The van der Waals surface area contributed by atoms with Crippen LogP contribution in [-0.4, -0.2) is 23.3 Å². The van der Waals surface area contributed by atoms with E-state index in [4.69, 9.17) is 22.7 Å². The highest BCUT2D eigenvalue weighted by molar-refractivity contribution is 6.24. The van der Waals surface area contributed by atoms with E-state index in [1.54, 1.807) is 0 Å². The Bertz CT molecular complexity index is 649. The number of unbranched alkanes of at least 4 members (excludes halogenated alkanes) is 2. The highest BCUT2D eigenvalue weighted by atomic mass is 35.5. The molecule has 3 saturated carbocycles. The maximum Gasteiger partial charge on any atom is 0.251 e. The molecule has 2 bridgehead atoms. The number of rotatable bonds is 8. The first-order chi connectivity index (χ1) is 12.9. The van der Waals surface area contributed by atoms with Crippen molar-refractivity contribution in [3.8, 4) is 0 Å². The van der Waals surface area contributed by atoms with Crippen molar-refractivity contribution in [2.45, 2.75) is 68.1 Å². The Balaban J connectivity index is 1.43. The molecule has 147 valence electrons. The summed E-state index contributed by atoms with van der Waals surface area (Å²) in [4.78, 5) is 12.3. The Morgan fingerprint density at radius 1 is 1.11 bits per heavy atom. The van der Waals surface area contributed by atoms with Crippen molar-refractivity contribution in [2.24, 2.45) is 5.73 Å². The molecular formula is C21H30ClN4O. The lowest BCUT2D eigenvalue weighted by Crippen LogP contribution is -2.45. The summed E-state index contributed by atoms with van der Waals surface area (Å²) in [5.41, 5.74) is 7.55. The second-order valence-electron chi connectivity index (χ2n) is 8.02. The van der Waals surface area contributed by atoms with Crippen LogP contribution in [0.25, 0.3) is 0 Å². The molecule has 0 aliphatic heterocycles. The molecule has 6 heteroatoms. The molecule has 4 rings (SSSR count). The van der Waals surface area contributed by atoms with Gasteiger partial charge in [-0.15, -0.1) is 11.6 Å². The monoisotopic (exact) mass is 389 g/mol. The van der Waals surface area contributed by atoms with E-state index < -0.39 is 0 Å². The van der Waals surface area contributed by atoms with Crippen LogP contribution in [-0.2, 0) is 5.41 Å². The summed E-state index contributed by atoms with van der Waals surface area (Å²) >= 11 is 6.64.